The van der Waals surface area contributed by atoms with Crippen molar-refractivity contribution in [2.75, 3.05) is 51.5 Å². The summed E-state index contributed by atoms with van der Waals surface area (Å²) in [7, 11) is 5.37. The Kier molecular flexibility index (Phi) is 19.1. The topological polar surface area (TPSA) is 149 Å². The summed E-state index contributed by atoms with van der Waals surface area (Å²) in [6, 6.07) is 6.62. The van der Waals surface area contributed by atoms with Crippen LogP contribution in [-0.4, -0.2) is 77.9 Å². The summed E-state index contributed by atoms with van der Waals surface area (Å²) in [6.45, 7) is 8.56. The average Bonchev–Trinajstić information content (AvgIpc) is 3.43. The molecule has 0 N–H and O–H groups in total. The normalized spacial score (nSPS) is 18.2. The Morgan fingerprint density at radius 2 is 0.744 bits per heavy atom. The molecule has 2 aliphatic rings. The van der Waals surface area contributed by atoms with Gasteiger partial charge in [0.15, 0.2) is 23.0 Å². The van der Waals surface area contributed by atoms with Gasteiger partial charge in [0.05, 0.1) is 75.3 Å². The second-order valence-electron chi connectivity index (χ2n) is 17.8. The number of halogens is 12. The molecule has 4 aromatic rings. The molecule has 6 rings (SSSR count). The van der Waals surface area contributed by atoms with Crippen LogP contribution in [0, 0.1) is 0 Å². The summed E-state index contributed by atoms with van der Waals surface area (Å²) in [5.74, 6) is -3.02. The zero-order valence-corrected chi connectivity index (χ0v) is 43.4. The van der Waals surface area contributed by atoms with E-state index in [0.29, 0.717) is 24.3 Å². The maximum Gasteiger partial charge on any atom is 0.416 e. The van der Waals surface area contributed by atoms with E-state index < -0.39 is 118 Å². The van der Waals surface area contributed by atoms with E-state index in [9.17, 15) is 71.9 Å². The number of hydrogen-bond acceptors (Lipinski definition) is 12. The molecule has 26 heteroatoms. The fourth-order valence-electron chi connectivity index (χ4n) is 9.38. The van der Waals surface area contributed by atoms with Gasteiger partial charge < -0.3 is 37.9 Å². The maximum atomic E-state index is 13.6. The molecule has 0 saturated carbocycles. The molecular formula is C52H54F12N2O12. The molecule has 0 fully saturated rings. The molecule has 0 radical (unpaired) electrons. The number of ether oxygens (including phenoxy) is 8. The van der Waals surface area contributed by atoms with E-state index in [2.05, 4.69) is 0 Å². The van der Waals surface area contributed by atoms with Gasteiger partial charge in [0.2, 0.25) is 0 Å². The molecule has 2 aliphatic heterocycles. The van der Waals surface area contributed by atoms with Crippen molar-refractivity contribution >= 4 is 35.5 Å². The predicted molar refractivity (Wildman–Crippen MR) is 254 cm³/mol. The van der Waals surface area contributed by atoms with Gasteiger partial charge in [0.1, 0.15) is 12.2 Å². The number of benzene rings is 4. The summed E-state index contributed by atoms with van der Waals surface area (Å²) < 4.78 is 206. The summed E-state index contributed by atoms with van der Waals surface area (Å²) >= 11 is 0. The Morgan fingerprint density at radius 3 is 0.974 bits per heavy atom. The number of anilines is 2. The molecule has 4 aromatic carbocycles. The second-order valence-corrected chi connectivity index (χ2v) is 17.8. The number of amides is 2. The van der Waals surface area contributed by atoms with Gasteiger partial charge in [0.25, 0.3) is 0 Å². The van der Waals surface area contributed by atoms with E-state index in [1.54, 1.807) is 27.7 Å². The molecule has 0 bridgehead atoms. The van der Waals surface area contributed by atoms with Gasteiger partial charge in [-0.1, -0.05) is 0 Å². The summed E-state index contributed by atoms with van der Waals surface area (Å²) in [6.07, 6.45) is -25.0. The fourth-order valence-corrected chi connectivity index (χ4v) is 9.38. The molecule has 0 saturated heterocycles. The highest BCUT2D eigenvalue weighted by molar-refractivity contribution is 5.92. The fraction of sp³-hybridized carbons (Fsp3) is 0.462. The largest absolute Gasteiger partial charge is 0.493 e. The van der Waals surface area contributed by atoms with E-state index in [1.165, 1.54) is 62.5 Å². The van der Waals surface area contributed by atoms with Crippen molar-refractivity contribution in [1.82, 2.24) is 0 Å². The highest BCUT2D eigenvalue weighted by Gasteiger charge is 2.46. The number of nitrogens with zero attached hydrogens (tertiary/aromatic N) is 2. The minimum Gasteiger partial charge on any atom is -0.493 e. The van der Waals surface area contributed by atoms with Gasteiger partial charge >= 0.3 is 48.8 Å². The number of methoxy groups -OCH3 is 4. The second kappa shape index (κ2) is 24.2. The van der Waals surface area contributed by atoms with Crippen LogP contribution in [0.25, 0.3) is 0 Å². The lowest BCUT2D eigenvalue weighted by Crippen LogP contribution is -2.44. The SMILES string of the molecule is CCOC(=O)N1c2cc(OC)c(OC)cc2[C@@H](C(OC(C)=O)c2cc(C(F)(F)F)cc(C(F)(F)F)c2)C[C@@H]1C.CCOC(=O)N1c2cc(OC)c(OC)cc2[C@H](C(OC(C)=O)c2cc(C(F)(F)F)cc(C(F)(F)F)c2)C[C@H]1C. The van der Waals surface area contributed by atoms with Crippen LogP contribution >= 0.6 is 0 Å². The number of carbonyl (C=O) groups excluding carboxylic acids is 4. The minimum atomic E-state index is -5.11. The molecular weight excluding hydrogens is 1070 g/mol. The Morgan fingerprint density at radius 1 is 0.474 bits per heavy atom. The van der Waals surface area contributed by atoms with Gasteiger partial charge in [-0.15, -0.1) is 0 Å². The maximum absolute atomic E-state index is 13.6. The standard InChI is InChI=1S/2C26H27F6NO6/c2*1-6-38-24(35)33-13(2)7-19(18-11-21(36-4)22(37-5)12-20(18)33)23(39-14(3)34)15-8-16(25(27,28)29)10-17(9-15)26(30,31)32/h2*8-13,19,23H,6-7H2,1-5H3/t2*13-,19-,23?/m10/s1. The van der Waals surface area contributed by atoms with Crippen LogP contribution in [0.2, 0.25) is 0 Å². The van der Waals surface area contributed by atoms with Crippen LogP contribution in [0.5, 0.6) is 23.0 Å². The van der Waals surface area contributed by atoms with Gasteiger partial charge in [-0.2, -0.15) is 52.7 Å². The van der Waals surface area contributed by atoms with Crippen LogP contribution in [0.15, 0.2) is 60.7 Å². The van der Waals surface area contributed by atoms with Crippen molar-refractivity contribution in [1.29, 1.82) is 0 Å². The van der Waals surface area contributed by atoms with Crippen LogP contribution in [-0.2, 0) is 53.2 Å². The number of fused-ring (bicyclic) bond motifs is 2. The Balaban J connectivity index is 0.000000287. The summed E-state index contributed by atoms with van der Waals surface area (Å²) in [5, 5.41) is 0. The van der Waals surface area contributed by atoms with Crippen LogP contribution < -0.4 is 28.7 Å². The first-order valence-corrected chi connectivity index (χ1v) is 23.6. The van der Waals surface area contributed by atoms with Crippen molar-refractivity contribution < 1.29 is 110 Å². The molecule has 6 atom stereocenters. The van der Waals surface area contributed by atoms with E-state index in [0.717, 1.165) is 13.8 Å². The lowest BCUT2D eigenvalue weighted by molar-refractivity contribution is -0.150. The zero-order chi connectivity index (χ0) is 58.6. The number of carbonyl (C=O) groups is 4. The lowest BCUT2D eigenvalue weighted by atomic mass is 9.79. The summed E-state index contributed by atoms with van der Waals surface area (Å²) in [5.41, 5.74) is -6.21. The van der Waals surface area contributed by atoms with Gasteiger partial charge in [-0.05, 0) is 111 Å². The van der Waals surface area contributed by atoms with E-state index in [1.807, 2.05) is 0 Å². The third kappa shape index (κ3) is 13.9. The van der Waals surface area contributed by atoms with Gasteiger partial charge in [0, 0.05) is 49.9 Å². The van der Waals surface area contributed by atoms with Crippen molar-refractivity contribution in [3.63, 3.8) is 0 Å². The van der Waals surface area contributed by atoms with Crippen LogP contribution in [0.1, 0.15) is 123 Å². The number of rotatable bonds is 12. The Bertz CT molecular complexity index is 2580. The average molecular weight is 1130 g/mol. The highest BCUT2D eigenvalue weighted by Crippen LogP contribution is 2.53. The first-order chi connectivity index (χ1) is 36.2. The van der Waals surface area contributed by atoms with Gasteiger partial charge in [-0.3, -0.25) is 19.4 Å². The van der Waals surface area contributed by atoms with Crippen molar-refractivity contribution in [3.8, 4) is 23.0 Å². The first-order valence-electron chi connectivity index (χ1n) is 23.6. The third-order valence-electron chi connectivity index (χ3n) is 12.6. The van der Waals surface area contributed by atoms with Crippen molar-refractivity contribution in [2.45, 2.75) is 115 Å². The van der Waals surface area contributed by atoms with Crippen molar-refractivity contribution in [2.24, 2.45) is 0 Å². The Hall–Kier alpha value is -7.28. The zero-order valence-electron chi connectivity index (χ0n) is 43.4. The summed E-state index contributed by atoms with van der Waals surface area (Å²) in [4.78, 5) is 52.5. The minimum absolute atomic E-state index is 0.00213. The van der Waals surface area contributed by atoms with Gasteiger partial charge in [-0.25, -0.2) is 9.59 Å². The van der Waals surface area contributed by atoms with Crippen LogP contribution in [0.4, 0.5) is 73.6 Å². The molecule has 0 aliphatic carbocycles. The molecule has 2 unspecified atom stereocenters. The lowest BCUT2D eigenvalue weighted by Gasteiger charge is -2.41. The number of esters is 2. The molecule has 0 spiro atoms. The first kappa shape index (κ1) is 61.6. The van der Waals surface area contributed by atoms with E-state index >= 15 is 0 Å². The molecule has 2 amide bonds. The molecule has 2 heterocycles. The molecule has 428 valence electrons. The quantitative estimate of drug-likeness (QED) is 0.0755. The van der Waals surface area contributed by atoms with Crippen molar-refractivity contribution in [3.05, 3.63) is 105 Å². The monoisotopic (exact) mass is 1130 g/mol. The number of alkyl halides is 12. The number of hydrogen-bond donors (Lipinski definition) is 0. The third-order valence-corrected chi connectivity index (χ3v) is 12.6. The van der Waals surface area contributed by atoms with Crippen LogP contribution in [0.3, 0.4) is 0 Å². The smallest absolute Gasteiger partial charge is 0.416 e. The molecule has 0 aromatic heterocycles. The molecule has 78 heavy (non-hydrogen) atoms. The molecule has 14 nitrogen and oxygen atoms in total. The van der Waals surface area contributed by atoms with E-state index in [4.69, 9.17) is 37.9 Å². The van der Waals surface area contributed by atoms with E-state index in [-0.39, 0.29) is 83.7 Å². The predicted octanol–water partition coefficient (Wildman–Crippen LogP) is 13.8. The Labute approximate surface area is 439 Å². The highest BCUT2D eigenvalue weighted by atomic mass is 19.4.